The number of nitrogens with one attached hydrogen (secondary N) is 1. The van der Waals surface area contributed by atoms with Crippen LogP contribution in [0.15, 0.2) is 59.1 Å². The predicted octanol–water partition coefficient (Wildman–Crippen LogP) is 1.82. The number of azo groups is 1. The smallest absolute Gasteiger partial charge is 0.427 e. The van der Waals surface area contributed by atoms with Gasteiger partial charge in [0.1, 0.15) is 12.1 Å². The van der Waals surface area contributed by atoms with Crippen LogP contribution >= 0.6 is 0 Å². The molecule has 3 N–H and O–H groups in total. The van der Waals surface area contributed by atoms with Gasteiger partial charge in [0.25, 0.3) is 0 Å². The van der Waals surface area contributed by atoms with E-state index in [1.54, 1.807) is 49.7 Å². The second kappa shape index (κ2) is 9.24. The summed E-state index contributed by atoms with van der Waals surface area (Å²) in [5.41, 5.74) is 1.86. The molecule has 1 aliphatic heterocycles. The van der Waals surface area contributed by atoms with Crippen LogP contribution in [0.1, 0.15) is 12.5 Å². The summed E-state index contributed by atoms with van der Waals surface area (Å²) in [6.45, 7) is 1.67. The standard InChI is InChI=1S/C17H19N3O4.H2O/c1-12(14-6-8-18-9-7-14)19-20(22)17(21)11-13-4-5-15(23-2)16(10-13)24-3;/h4-10,18H,11H2,1-3H3;1H2. The van der Waals surface area contributed by atoms with Gasteiger partial charge in [0.15, 0.2) is 11.5 Å². The highest BCUT2D eigenvalue weighted by molar-refractivity contribution is 5.70. The minimum absolute atomic E-state index is 0. The number of nitrogens with zero attached hydrogens (tertiary/aromatic N) is 2. The van der Waals surface area contributed by atoms with E-state index in [2.05, 4.69) is 10.4 Å². The molecule has 0 spiro atoms. The summed E-state index contributed by atoms with van der Waals surface area (Å²) >= 11 is 0. The Hall–Kier alpha value is -3.13. The highest BCUT2D eigenvalue weighted by atomic mass is 16.5. The molecule has 0 radical (unpaired) electrons. The minimum Gasteiger partial charge on any atom is -0.592 e. The molecular formula is C17H21N3O5. The summed E-state index contributed by atoms with van der Waals surface area (Å²) in [5.74, 6) is 0.395. The van der Waals surface area contributed by atoms with E-state index in [1.165, 1.54) is 14.2 Å². The molecule has 0 saturated carbocycles. The highest BCUT2D eigenvalue weighted by Crippen LogP contribution is 2.27. The Balaban J connectivity index is 0.00000312. The number of carbonyl (C=O) groups excluding carboxylic acids is 1. The van der Waals surface area contributed by atoms with Gasteiger partial charge in [0.2, 0.25) is 0 Å². The van der Waals surface area contributed by atoms with E-state index < -0.39 is 5.91 Å². The molecule has 0 aliphatic carbocycles. The van der Waals surface area contributed by atoms with Crippen molar-refractivity contribution in [3.05, 3.63) is 64.8 Å². The van der Waals surface area contributed by atoms with Gasteiger partial charge in [-0.2, -0.15) is 0 Å². The number of allylic oxidation sites excluding steroid dienone is 4. The van der Waals surface area contributed by atoms with E-state index in [-0.39, 0.29) is 16.8 Å². The summed E-state index contributed by atoms with van der Waals surface area (Å²) in [6, 6.07) is 5.05. The summed E-state index contributed by atoms with van der Waals surface area (Å²) in [7, 11) is 3.04. The van der Waals surface area contributed by atoms with Crippen LogP contribution in [0.2, 0.25) is 0 Å². The van der Waals surface area contributed by atoms with Crippen molar-refractivity contribution < 1.29 is 24.6 Å². The number of dihydropyridines is 1. The Labute approximate surface area is 145 Å². The Morgan fingerprint density at radius 3 is 2.44 bits per heavy atom. The largest absolute Gasteiger partial charge is 0.592 e. The van der Waals surface area contributed by atoms with Crippen molar-refractivity contribution in [3.63, 3.8) is 0 Å². The first kappa shape index (κ1) is 19.9. The number of hydroxylamine groups is 1. The van der Waals surface area contributed by atoms with E-state index in [9.17, 15) is 10.0 Å². The molecule has 2 rings (SSSR count). The molecule has 0 aromatic heterocycles. The van der Waals surface area contributed by atoms with E-state index in [0.717, 1.165) is 5.57 Å². The van der Waals surface area contributed by atoms with Crippen LogP contribution in [0.5, 0.6) is 11.5 Å². The van der Waals surface area contributed by atoms with Gasteiger partial charge in [0.05, 0.1) is 14.2 Å². The zero-order valence-corrected chi connectivity index (χ0v) is 14.3. The van der Waals surface area contributed by atoms with Crippen LogP contribution < -0.4 is 14.8 Å². The van der Waals surface area contributed by atoms with Crippen LogP contribution in [0, 0.1) is 5.21 Å². The van der Waals surface area contributed by atoms with Crippen LogP contribution in [0.25, 0.3) is 0 Å². The SMILES string of the molecule is COc1ccc(CC(=O)[N+]([O-])=NC(C)=C2C=CNC=C2)cc1OC.O. The summed E-state index contributed by atoms with van der Waals surface area (Å²) < 4.78 is 10.3. The van der Waals surface area contributed by atoms with Gasteiger partial charge in [-0.15, -0.1) is 0 Å². The van der Waals surface area contributed by atoms with Crippen molar-refractivity contribution in [2.75, 3.05) is 14.2 Å². The Morgan fingerprint density at radius 1 is 1.20 bits per heavy atom. The first-order valence-corrected chi connectivity index (χ1v) is 7.28. The topological polar surface area (TPSA) is 117 Å². The van der Waals surface area contributed by atoms with Gasteiger partial charge in [-0.1, -0.05) is 6.07 Å². The molecule has 134 valence electrons. The van der Waals surface area contributed by atoms with Crippen LogP contribution in [-0.4, -0.2) is 30.5 Å². The Bertz CT molecular complexity index is 737. The molecule has 8 heteroatoms. The monoisotopic (exact) mass is 347 g/mol. The maximum Gasteiger partial charge on any atom is 0.427 e. The van der Waals surface area contributed by atoms with E-state index in [1.807, 2.05) is 0 Å². The second-order valence-corrected chi connectivity index (χ2v) is 5.01. The fourth-order valence-corrected chi connectivity index (χ4v) is 2.11. The van der Waals surface area contributed by atoms with Crippen LogP contribution in [0.4, 0.5) is 0 Å². The number of hydrogen-bond acceptors (Lipinski definition) is 6. The number of amides is 1. The van der Waals surface area contributed by atoms with Crippen molar-refractivity contribution in [3.8, 4) is 11.5 Å². The molecule has 8 nitrogen and oxygen atoms in total. The lowest BCUT2D eigenvalue weighted by atomic mass is 10.1. The number of ether oxygens (including phenoxy) is 2. The second-order valence-electron chi connectivity index (χ2n) is 5.01. The van der Waals surface area contributed by atoms with Crippen molar-refractivity contribution in [1.29, 1.82) is 0 Å². The lowest BCUT2D eigenvalue weighted by Gasteiger charge is -2.08. The highest BCUT2D eigenvalue weighted by Gasteiger charge is 2.16. The van der Waals surface area contributed by atoms with Gasteiger partial charge in [-0.3, -0.25) is 0 Å². The number of methoxy groups -OCH3 is 2. The molecule has 25 heavy (non-hydrogen) atoms. The number of benzene rings is 1. The quantitative estimate of drug-likeness (QED) is 0.495. The van der Waals surface area contributed by atoms with Crippen molar-refractivity contribution in [2.45, 2.75) is 13.3 Å². The fraction of sp³-hybridized carbons (Fsp3) is 0.235. The number of rotatable bonds is 5. The van der Waals surface area contributed by atoms with E-state index >= 15 is 0 Å². The molecule has 1 amide bonds. The van der Waals surface area contributed by atoms with Gasteiger partial charge < -0.3 is 25.5 Å². The third kappa shape index (κ3) is 5.18. The van der Waals surface area contributed by atoms with Gasteiger partial charge >= 0.3 is 5.91 Å². The average molecular weight is 347 g/mol. The van der Waals surface area contributed by atoms with Gasteiger partial charge in [0, 0.05) is 23.1 Å². The maximum absolute atomic E-state index is 12.1. The Morgan fingerprint density at radius 2 is 1.84 bits per heavy atom. The number of carbonyl (C=O) groups is 1. The van der Waals surface area contributed by atoms with Gasteiger partial charge in [-0.25, -0.2) is 4.79 Å². The molecular weight excluding hydrogens is 326 g/mol. The molecule has 0 saturated heterocycles. The molecule has 1 aromatic carbocycles. The lowest BCUT2D eigenvalue weighted by molar-refractivity contribution is -0.447. The first-order chi connectivity index (χ1) is 11.5. The molecule has 1 aliphatic rings. The Kier molecular flexibility index (Phi) is 7.36. The third-order valence-corrected chi connectivity index (χ3v) is 3.39. The third-order valence-electron chi connectivity index (χ3n) is 3.39. The normalized spacial score (nSPS) is 12.9. The number of hydrogen-bond donors (Lipinski definition) is 1. The summed E-state index contributed by atoms with van der Waals surface area (Å²) in [6.07, 6.45) is 6.89. The molecule has 0 fully saturated rings. The van der Waals surface area contributed by atoms with E-state index in [4.69, 9.17) is 9.47 Å². The maximum atomic E-state index is 12.1. The lowest BCUT2D eigenvalue weighted by Crippen LogP contribution is -2.16. The van der Waals surface area contributed by atoms with Gasteiger partial charge in [-0.05, 0) is 41.6 Å². The predicted molar refractivity (Wildman–Crippen MR) is 92.0 cm³/mol. The van der Waals surface area contributed by atoms with Crippen molar-refractivity contribution in [2.24, 2.45) is 5.11 Å². The van der Waals surface area contributed by atoms with Crippen molar-refractivity contribution in [1.82, 2.24) is 5.32 Å². The zero-order valence-electron chi connectivity index (χ0n) is 14.3. The zero-order chi connectivity index (χ0) is 17.5. The molecule has 1 aromatic rings. The molecule has 0 atom stereocenters. The average Bonchev–Trinajstić information content (AvgIpc) is 2.62. The van der Waals surface area contributed by atoms with Crippen molar-refractivity contribution >= 4 is 5.91 Å². The molecule has 0 unspecified atom stereocenters. The first-order valence-electron chi connectivity index (χ1n) is 7.28. The minimum atomic E-state index is -0.663. The van der Waals surface area contributed by atoms with Crippen LogP contribution in [-0.2, 0) is 11.2 Å². The summed E-state index contributed by atoms with van der Waals surface area (Å²) in [5, 5.41) is 18.6. The van der Waals surface area contributed by atoms with E-state index in [0.29, 0.717) is 22.8 Å². The molecule has 0 bridgehead atoms. The fourth-order valence-electron chi connectivity index (χ4n) is 2.11. The summed E-state index contributed by atoms with van der Waals surface area (Å²) in [4.78, 5) is 12.2. The van der Waals surface area contributed by atoms with Crippen LogP contribution in [0.3, 0.4) is 0 Å². The molecule has 1 heterocycles.